The summed E-state index contributed by atoms with van der Waals surface area (Å²) in [5, 5.41) is 0. The zero-order chi connectivity index (χ0) is 10.9. The molecular formula is C12H17O2P. The van der Waals surface area contributed by atoms with Crippen molar-refractivity contribution < 1.29 is 9.09 Å². The minimum Gasteiger partial charge on any atom is -0.328 e. The number of rotatable bonds is 6. The second-order valence-electron chi connectivity index (χ2n) is 3.18. The van der Waals surface area contributed by atoms with Crippen LogP contribution in [-0.2, 0) is 15.5 Å². The number of hydrogen-bond acceptors (Lipinski definition) is 2. The summed E-state index contributed by atoms with van der Waals surface area (Å²) in [6.07, 6.45) is 3.83. The molecule has 0 amide bonds. The molecule has 1 aromatic rings. The quantitative estimate of drug-likeness (QED) is 0.689. The summed E-state index contributed by atoms with van der Waals surface area (Å²) >= 11 is 0. The lowest BCUT2D eigenvalue weighted by atomic mass is 10.1. The van der Waals surface area contributed by atoms with E-state index in [-0.39, 0.29) is 0 Å². The molecule has 0 aromatic heterocycles. The Morgan fingerprint density at radius 3 is 2.73 bits per heavy atom. The predicted octanol–water partition coefficient (Wildman–Crippen LogP) is 3.64. The fraction of sp³-hybridized carbons (Fsp3) is 0.333. The van der Waals surface area contributed by atoms with E-state index >= 15 is 0 Å². The molecule has 0 saturated carbocycles. The number of hydrogen-bond donors (Lipinski definition) is 0. The molecule has 0 spiro atoms. The molecule has 1 rings (SSSR count). The standard InChI is InChI=1S/C12H17O2P/c1-2-14-15(13)11-7-6-10-12-8-4-3-5-9-12/h3-5,7-9,11,15H,2,6,10H2,1H3. The molecule has 15 heavy (non-hydrogen) atoms. The van der Waals surface area contributed by atoms with Crippen LogP contribution < -0.4 is 0 Å². The van der Waals surface area contributed by atoms with Gasteiger partial charge in [-0.15, -0.1) is 0 Å². The van der Waals surface area contributed by atoms with Crippen molar-refractivity contribution in [1.82, 2.24) is 0 Å². The molecule has 1 atom stereocenters. The fourth-order valence-corrected chi connectivity index (χ4v) is 2.00. The minimum atomic E-state index is -1.92. The minimum absolute atomic E-state index is 0.515. The largest absolute Gasteiger partial charge is 0.328 e. The molecule has 0 radical (unpaired) electrons. The van der Waals surface area contributed by atoms with E-state index in [1.54, 1.807) is 5.82 Å². The van der Waals surface area contributed by atoms with Crippen LogP contribution in [-0.4, -0.2) is 6.61 Å². The van der Waals surface area contributed by atoms with Crippen molar-refractivity contribution in [1.29, 1.82) is 0 Å². The summed E-state index contributed by atoms with van der Waals surface area (Å²) in [7, 11) is -1.92. The van der Waals surface area contributed by atoms with Gasteiger partial charge in [0, 0.05) is 0 Å². The summed E-state index contributed by atoms with van der Waals surface area (Å²) in [5.41, 5.74) is 1.30. The van der Waals surface area contributed by atoms with E-state index < -0.39 is 8.03 Å². The molecule has 82 valence electrons. The van der Waals surface area contributed by atoms with Crippen LogP contribution in [0.3, 0.4) is 0 Å². The normalized spacial score (nSPS) is 13.1. The van der Waals surface area contributed by atoms with Crippen LogP contribution in [0.5, 0.6) is 0 Å². The number of aryl methyl sites for hydroxylation is 1. The van der Waals surface area contributed by atoms with Crippen molar-refractivity contribution in [2.45, 2.75) is 19.8 Å². The molecule has 0 heterocycles. The van der Waals surface area contributed by atoms with Crippen LogP contribution in [0.15, 0.2) is 42.2 Å². The molecule has 0 saturated heterocycles. The van der Waals surface area contributed by atoms with Crippen molar-refractivity contribution in [3.8, 4) is 0 Å². The van der Waals surface area contributed by atoms with Crippen molar-refractivity contribution >= 4 is 8.03 Å². The predicted molar refractivity (Wildman–Crippen MR) is 64.5 cm³/mol. The molecule has 1 unspecified atom stereocenters. The maximum atomic E-state index is 11.1. The van der Waals surface area contributed by atoms with Crippen LogP contribution in [0.25, 0.3) is 0 Å². The van der Waals surface area contributed by atoms with E-state index in [1.807, 2.05) is 31.2 Å². The SMILES string of the molecule is CCO[PH](=O)C=CCCc1ccccc1. The van der Waals surface area contributed by atoms with Crippen LogP contribution in [0.1, 0.15) is 18.9 Å². The zero-order valence-corrected chi connectivity index (χ0v) is 9.98. The van der Waals surface area contributed by atoms with E-state index in [9.17, 15) is 4.57 Å². The van der Waals surface area contributed by atoms with Crippen molar-refractivity contribution in [3.05, 3.63) is 47.8 Å². The molecule has 0 aliphatic heterocycles. The van der Waals surface area contributed by atoms with Gasteiger partial charge in [0.2, 0.25) is 8.03 Å². The molecule has 1 aromatic carbocycles. The maximum absolute atomic E-state index is 11.1. The first-order valence-corrected chi connectivity index (χ1v) is 6.59. The highest BCUT2D eigenvalue weighted by Crippen LogP contribution is 2.23. The third-order valence-electron chi connectivity index (χ3n) is 1.98. The van der Waals surface area contributed by atoms with Crippen molar-refractivity contribution in [2.24, 2.45) is 0 Å². The number of benzene rings is 1. The lowest BCUT2D eigenvalue weighted by Gasteiger charge is -1.97. The van der Waals surface area contributed by atoms with Gasteiger partial charge in [-0.2, -0.15) is 0 Å². The van der Waals surface area contributed by atoms with Crippen LogP contribution in [0.4, 0.5) is 0 Å². The fourth-order valence-electron chi connectivity index (χ4n) is 1.26. The first-order valence-electron chi connectivity index (χ1n) is 5.20. The smallest absolute Gasteiger partial charge is 0.213 e. The summed E-state index contributed by atoms with van der Waals surface area (Å²) < 4.78 is 16.1. The first-order chi connectivity index (χ1) is 7.33. The maximum Gasteiger partial charge on any atom is 0.213 e. The molecule has 2 nitrogen and oxygen atoms in total. The molecule has 0 fully saturated rings. The highest BCUT2D eigenvalue weighted by molar-refractivity contribution is 7.42. The van der Waals surface area contributed by atoms with Crippen LogP contribution in [0.2, 0.25) is 0 Å². The van der Waals surface area contributed by atoms with E-state index in [0.29, 0.717) is 6.61 Å². The molecule has 0 aliphatic carbocycles. The van der Waals surface area contributed by atoms with Crippen molar-refractivity contribution in [2.75, 3.05) is 6.61 Å². The van der Waals surface area contributed by atoms with Gasteiger partial charge in [-0.05, 0) is 31.1 Å². The summed E-state index contributed by atoms with van der Waals surface area (Å²) in [6, 6.07) is 10.3. The molecule has 0 N–H and O–H groups in total. The number of allylic oxidation sites excluding steroid dienone is 1. The Morgan fingerprint density at radius 1 is 1.33 bits per heavy atom. The van der Waals surface area contributed by atoms with Gasteiger partial charge < -0.3 is 4.52 Å². The second kappa shape index (κ2) is 7.44. The van der Waals surface area contributed by atoms with Crippen molar-refractivity contribution in [3.63, 3.8) is 0 Å². The Hall–Kier alpha value is -0.850. The van der Waals surface area contributed by atoms with E-state index in [1.165, 1.54) is 5.56 Å². The van der Waals surface area contributed by atoms with E-state index in [4.69, 9.17) is 4.52 Å². The zero-order valence-electron chi connectivity index (χ0n) is 8.98. The summed E-state index contributed by atoms with van der Waals surface area (Å²) in [5.74, 6) is 1.68. The van der Waals surface area contributed by atoms with Crippen LogP contribution in [0, 0.1) is 0 Å². The van der Waals surface area contributed by atoms with E-state index in [0.717, 1.165) is 12.8 Å². The molecule has 0 bridgehead atoms. The van der Waals surface area contributed by atoms with Gasteiger partial charge in [0.05, 0.1) is 6.61 Å². The average molecular weight is 224 g/mol. The first kappa shape index (κ1) is 12.2. The highest BCUT2D eigenvalue weighted by atomic mass is 31.1. The molecule has 3 heteroatoms. The summed E-state index contributed by atoms with van der Waals surface area (Å²) in [6.45, 7) is 2.36. The van der Waals surface area contributed by atoms with Crippen LogP contribution >= 0.6 is 8.03 Å². The molecular weight excluding hydrogens is 207 g/mol. The van der Waals surface area contributed by atoms with Gasteiger partial charge >= 0.3 is 0 Å². The Balaban J connectivity index is 2.24. The summed E-state index contributed by atoms with van der Waals surface area (Å²) in [4.78, 5) is 0. The molecule has 0 aliphatic rings. The van der Waals surface area contributed by atoms with Gasteiger partial charge in [0.1, 0.15) is 0 Å². The Morgan fingerprint density at radius 2 is 2.07 bits per heavy atom. The van der Waals surface area contributed by atoms with Gasteiger partial charge in [0.15, 0.2) is 0 Å². The Kier molecular flexibility index (Phi) is 6.06. The third-order valence-corrected chi connectivity index (χ3v) is 3.06. The monoisotopic (exact) mass is 224 g/mol. The average Bonchev–Trinajstić information content (AvgIpc) is 2.26. The Labute approximate surface area is 91.8 Å². The third kappa shape index (κ3) is 5.56. The second-order valence-corrected chi connectivity index (χ2v) is 4.44. The lowest BCUT2D eigenvalue weighted by molar-refractivity contribution is 0.356. The lowest BCUT2D eigenvalue weighted by Crippen LogP contribution is -1.81. The topological polar surface area (TPSA) is 26.3 Å². The van der Waals surface area contributed by atoms with Gasteiger partial charge in [-0.1, -0.05) is 36.4 Å². The Bertz CT molecular complexity index is 320. The van der Waals surface area contributed by atoms with Gasteiger partial charge in [-0.25, -0.2) is 0 Å². The highest BCUT2D eigenvalue weighted by Gasteiger charge is 1.91. The van der Waals surface area contributed by atoms with E-state index in [2.05, 4.69) is 12.1 Å². The van der Waals surface area contributed by atoms with Gasteiger partial charge in [0.25, 0.3) is 0 Å². The van der Waals surface area contributed by atoms with Gasteiger partial charge in [-0.3, -0.25) is 4.57 Å².